The van der Waals surface area contributed by atoms with Gasteiger partial charge < -0.3 is 26.3 Å². The van der Waals surface area contributed by atoms with E-state index in [1.54, 1.807) is 0 Å². The Kier molecular flexibility index (Phi) is 20.2. The number of rotatable bonds is 28. The maximum Gasteiger partial charge on any atom is 0.0611 e. The predicted molar refractivity (Wildman–Crippen MR) is 219 cm³/mol. The van der Waals surface area contributed by atoms with Gasteiger partial charge in [0.15, 0.2) is 0 Å². The highest BCUT2D eigenvalue weighted by molar-refractivity contribution is 5.12. The molecule has 4 aliphatic carbocycles. The highest BCUT2D eigenvalue weighted by Crippen LogP contribution is 2.69. The predicted octanol–water partition coefficient (Wildman–Crippen LogP) is 11.2. The number of ether oxygens (including phenoxy) is 2. The molecule has 5 nitrogen and oxygen atoms in total. The first-order valence-electron chi connectivity index (χ1n) is 23.2. The summed E-state index contributed by atoms with van der Waals surface area (Å²) >= 11 is 0. The van der Waals surface area contributed by atoms with Crippen LogP contribution in [0.3, 0.4) is 0 Å². The van der Waals surface area contributed by atoms with Crippen molar-refractivity contribution >= 4 is 0 Å². The lowest BCUT2D eigenvalue weighted by Crippen LogP contribution is -2.59. The molecule has 0 aromatic rings. The largest absolute Gasteiger partial charge is 0.378 e. The van der Waals surface area contributed by atoms with Gasteiger partial charge >= 0.3 is 0 Å². The van der Waals surface area contributed by atoms with Gasteiger partial charge in [-0.05, 0) is 156 Å². The molecule has 4 saturated carbocycles. The van der Waals surface area contributed by atoms with Gasteiger partial charge in [0.25, 0.3) is 0 Å². The van der Waals surface area contributed by atoms with Crippen LogP contribution in [0.15, 0.2) is 0 Å². The molecule has 0 aromatic carbocycles. The lowest BCUT2D eigenvalue weighted by molar-refractivity contribution is -0.191. The quantitative estimate of drug-likeness (QED) is 0.0703. The van der Waals surface area contributed by atoms with Gasteiger partial charge in [0.05, 0.1) is 12.2 Å². The molecule has 4 aliphatic rings. The Labute approximate surface area is 318 Å². The lowest BCUT2D eigenvalue weighted by atomic mass is 9.43. The molecule has 51 heavy (non-hydrogen) atoms. The van der Waals surface area contributed by atoms with Gasteiger partial charge in [0.2, 0.25) is 0 Å². The van der Waals surface area contributed by atoms with Gasteiger partial charge in [-0.25, -0.2) is 0 Å². The summed E-state index contributed by atoms with van der Waals surface area (Å²) in [6.45, 7) is 15.9. The molecule has 0 heterocycles. The number of nitrogens with one attached hydrogen (secondary N) is 1. The van der Waals surface area contributed by atoms with Crippen LogP contribution in [0, 0.1) is 46.3 Å². The molecule has 0 spiro atoms. The van der Waals surface area contributed by atoms with Gasteiger partial charge in [-0.2, -0.15) is 0 Å². The summed E-state index contributed by atoms with van der Waals surface area (Å²) in [5.74, 6) is 4.76. The van der Waals surface area contributed by atoms with E-state index in [9.17, 15) is 0 Å². The zero-order valence-corrected chi connectivity index (χ0v) is 34.7. The van der Waals surface area contributed by atoms with E-state index in [2.05, 4.69) is 33.0 Å². The molecular formula is C46H89N3O2. The fourth-order valence-electron chi connectivity index (χ4n) is 12.4. The summed E-state index contributed by atoms with van der Waals surface area (Å²) in [6, 6.07) is 0. The third-order valence-electron chi connectivity index (χ3n) is 15.5. The summed E-state index contributed by atoms with van der Waals surface area (Å²) in [6.07, 6.45) is 36.3. The highest BCUT2D eigenvalue weighted by Gasteiger charge is 2.63. The second kappa shape index (κ2) is 23.7. The minimum absolute atomic E-state index is 0.403. The Bertz CT molecular complexity index is 902. The Morgan fingerprint density at radius 2 is 1.20 bits per heavy atom. The first kappa shape index (κ1) is 43.5. The van der Waals surface area contributed by atoms with Crippen LogP contribution in [0.4, 0.5) is 0 Å². The lowest BCUT2D eigenvalue weighted by Gasteiger charge is -2.63. The Morgan fingerprint density at radius 3 is 1.84 bits per heavy atom. The molecule has 0 saturated heterocycles. The van der Waals surface area contributed by atoms with E-state index >= 15 is 0 Å². The van der Waals surface area contributed by atoms with Crippen LogP contribution in [0.2, 0.25) is 0 Å². The van der Waals surface area contributed by atoms with Crippen molar-refractivity contribution in [3.63, 3.8) is 0 Å². The van der Waals surface area contributed by atoms with Gasteiger partial charge in [-0.1, -0.05) is 111 Å². The Balaban J connectivity index is 1.14. The van der Waals surface area contributed by atoms with Crippen molar-refractivity contribution in [1.29, 1.82) is 0 Å². The van der Waals surface area contributed by atoms with Crippen molar-refractivity contribution < 1.29 is 9.47 Å². The average molecular weight is 716 g/mol. The van der Waals surface area contributed by atoms with Crippen molar-refractivity contribution in [3.8, 4) is 0 Å². The standard InChI is InChI=1S/C46H89N3O2/c1-5-6-7-8-9-10-11-12-13-14-15-16-17-18-31-49-32-19-22-37(2)40-23-24-41-44-42(26-28-46(40,41)4)45(3)27-25-39(50-33-20-29-47)35-38(45)36-43(44)51-34-21-30-48/h37-44,49H,5-36,47-48H2,1-4H3/t37-,38?,39-,40?,41+,42+,43-,44?,45?,46?/m1/s1. The molecule has 0 radical (unpaired) electrons. The molecule has 0 aromatic heterocycles. The summed E-state index contributed by atoms with van der Waals surface area (Å²) in [5, 5.41) is 3.82. The molecule has 10 atom stereocenters. The average Bonchev–Trinajstić information content (AvgIpc) is 3.48. The number of fused-ring (bicyclic) bond motifs is 5. The Morgan fingerprint density at radius 1 is 0.627 bits per heavy atom. The molecule has 0 aliphatic heterocycles. The van der Waals surface area contributed by atoms with Crippen molar-refractivity contribution in [3.05, 3.63) is 0 Å². The first-order valence-corrected chi connectivity index (χ1v) is 23.2. The second-order valence-corrected chi connectivity index (χ2v) is 18.9. The van der Waals surface area contributed by atoms with E-state index in [0.29, 0.717) is 23.0 Å². The topological polar surface area (TPSA) is 82.5 Å². The van der Waals surface area contributed by atoms with Crippen molar-refractivity contribution in [2.45, 2.75) is 207 Å². The highest BCUT2D eigenvalue weighted by atomic mass is 16.5. The van der Waals surface area contributed by atoms with Crippen LogP contribution in [-0.4, -0.2) is 51.6 Å². The molecule has 4 rings (SSSR count). The van der Waals surface area contributed by atoms with Crippen LogP contribution in [0.25, 0.3) is 0 Å². The molecule has 5 N–H and O–H groups in total. The number of hydrogen-bond acceptors (Lipinski definition) is 5. The minimum atomic E-state index is 0.403. The molecule has 4 fully saturated rings. The maximum absolute atomic E-state index is 6.89. The molecule has 0 bridgehead atoms. The molecule has 5 heteroatoms. The maximum atomic E-state index is 6.89. The van der Waals surface area contributed by atoms with Crippen LogP contribution < -0.4 is 16.8 Å². The summed E-state index contributed by atoms with van der Waals surface area (Å²) < 4.78 is 13.3. The monoisotopic (exact) mass is 716 g/mol. The summed E-state index contributed by atoms with van der Waals surface area (Å²) in [4.78, 5) is 0. The fourth-order valence-corrected chi connectivity index (χ4v) is 12.4. The van der Waals surface area contributed by atoms with Crippen molar-refractivity contribution in [2.75, 3.05) is 39.4 Å². The van der Waals surface area contributed by atoms with Gasteiger partial charge in [0, 0.05) is 13.2 Å². The second-order valence-electron chi connectivity index (χ2n) is 18.9. The van der Waals surface area contributed by atoms with Gasteiger partial charge in [0.1, 0.15) is 0 Å². The molecular weight excluding hydrogens is 627 g/mol. The smallest absolute Gasteiger partial charge is 0.0611 e. The van der Waals surface area contributed by atoms with E-state index < -0.39 is 0 Å². The van der Waals surface area contributed by atoms with Gasteiger partial charge in [-0.3, -0.25) is 0 Å². The van der Waals surface area contributed by atoms with Crippen LogP contribution >= 0.6 is 0 Å². The normalized spacial score (nSPS) is 33.9. The summed E-state index contributed by atoms with van der Waals surface area (Å²) in [5.41, 5.74) is 12.6. The summed E-state index contributed by atoms with van der Waals surface area (Å²) in [7, 11) is 0. The van der Waals surface area contributed by atoms with Crippen LogP contribution in [0.5, 0.6) is 0 Å². The van der Waals surface area contributed by atoms with Gasteiger partial charge in [-0.15, -0.1) is 0 Å². The molecule has 5 unspecified atom stereocenters. The van der Waals surface area contributed by atoms with E-state index in [1.165, 1.54) is 167 Å². The first-order chi connectivity index (χ1) is 24.9. The van der Waals surface area contributed by atoms with E-state index in [-0.39, 0.29) is 0 Å². The third-order valence-corrected chi connectivity index (χ3v) is 15.5. The van der Waals surface area contributed by atoms with Crippen molar-refractivity contribution in [2.24, 2.45) is 57.8 Å². The number of hydrogen-bond donors (Lipinski definition) is 3. The van der Waals surface area contributed by atoms with E-state index in [0.717, 1.165) is 74.7 Å². The Hall–Kier alpha value is -0.200. The van der Waals surface area contributed by atoms with E-state index in [1.807, 2.05) is 0 Å². The zero-order valence-electron chi connectivity index (χ0n) is 34.7. The molecule has 300 valence electrons. The SMILES string of the molecule is CCCCCCCCCCCCCCCCNCCC[C@@H](C)C1CC[C@H]2C3[C@H](OCCCN)CC4C[C@H](OCCCN)CCC4(C)[C@H]3CCC12C. The third kappa shape index (κ3) is 12.7. The number of nitrogens with two attached hydrogens (primary N) is 2. The fraction of sp³-hybridized carbons (Fsp3) is 1.00. The zero-order chi connectivity index (χ0) is 36.4. The number of unbranched alkanes of at least 4 members (excludes halogenated alkanes) is 13. The van der Waals surface area contributed by atoms with E-state index in [4.69, 9.17) is 20.9 Å². The van der Waals surface area contributed by atoms with Crippen LogP contribution in [-0.2, 0) is 9.47 Å². The van der Waals surface area contributed by atoms with Crippen LogP contribution in [0.1, 0.15) is 195 Å². The van der Waals surface area contributed by atoms with Crippen molar-refractivity contribution in [1.82, 2.24) is 5.32 Å². The minimum Gasteiger partial charge on any atom is -0.378 e. The molecule has 0 amide bonds.